The summed E-state index contributed by atoms with van der Waals surface area (Å²) in [6.07, 6.45) is 0. The van der Waals surface area contributed by atoms with Crippen molar-refractivity contribution in [3.05, 3.63) is 59.2 Å². The van der Waals surface area contributed by atoms with Gasteiger partial charge in [0.15, 0.2) is 0 Å². The van der Waals surface area contributed by atoms with E-state index >= 15 is 0 Å². The molecule has 1 N–H and O–H groups in total. The standard InChI is InChI=1S/C14H10F2N2O2S/c1-9-5-10(15)7-11(6-9)18-21(19,20)14-4-2-3-13(16)12(14)8-17/h2-7,18H,1H3. The van der Waals surface area contributed by atoms with E-state index in [9.17, 15) is 17.2 Å². The molecule has 2 rings (SSSR count). The highest BCUT2D eigenvalue weighted by Crippen LogP contribution is 2.22. The molecule has 0 heterocycles. The van der Waals surface area contributed by atoms with E-state index in [0.29, 0.717) is 5.56 Å². The topological polar surface area (TPSA) is 70.0 Å². The zero-order valence-corrected chi connectivity index (χ0v) is 11.7. The molecule has 108 valence electrons. The molecule has 0 aliphatic heterocycles. The maximum atomic E-state index is 13.5. The van der Waals surface area contributed by atoms with E-state index in [4.69, 9.17) is 5.26 Å². The van der Waals surface area contributed by atoms with Crippen LogP contribution in [0.25, 0.3) is 0 Å². The number of nitrogens with zero attached hydrogens (tertiary/aromatic N) is 1. The molecule has 2 aromatic rings. The first-order chi connectivity index (χ1) is 9.83. The second-order valence-electron chi connectivity index (χ2n) is 4.35. The average molecular weight is 308 g/mol. The van der Waals surface area contributed by atoms with Crippen LogP contribution in [0.3, 0.4) is 0 Å². The molecule has 0 aromatic heterocycles. The van der Waals surface area contributed by atoms with Crippen molar-refractivity contribution in [1.82, 2.24) is 0 Å². The van der Waals surface area contributed by atoms with E-state index < -0.39 is 32.1 Å². The number of sulfonamides is 1. The molecule has 2 aromatic carbocycles. The molecule has 0 atom stereocenters. The molecule has 0 saturated carbocycles. The van der Waals surface area contributed by atoms with E-state index in [0.717, 1.165) is 18.2 Å². The van der Waals surface area contributed by atoms with Crippen LogP contribution in [0.4, 0.5) is 14.5 Å². The van der Waals surface area contributed by atoms with Crippen LogP contribution in [0.2, 0.25) is 0 Å². The Hall–Kier alpha value is -2.46. The Morgan fingerprint density at radius 3 is 2.52 bits per heavy atom. The molecule has 0 unspecified atom stereocenters. The van der Waals surface area contributed by atoms with E-state index in [1.807, 2.05) is 0 Å². The molecule has 0 aliphatic carbocycles. The SMILES string of the molecule is Cc1cc(F)cc(NS(=O)(=O)c2cccc(F)c2C#N)c1. The summed E-state index contributed by atoms with van der Waals surface area (Å²) in [6.45, 7) is 1.60. The van der Waals surface area contributed by atoms with Crippen LogP contribution < -0.4 is 4.72 Å². The molecule has 4 nitrogen and oxygen atoms in total. The zero-order valence-electron chi connectivity index (χ0n) is 10.9. The fourth-order valence-electron chi connectivity index (χ4n) is 1.84. The molecule has 0 radical (unpaired) electrons. The molecule has 0 fully saturated rings. The third kappa shape index (κ3) is 3.17. The van der Waals surface area contributed by atoms with Crippen molar-refractivity contribution >= 4 is 15.7 Å². The molecule has 0 spiro atoms. The van der Waals surface area contributed by atoms with Crippen LogP contribution in [0.5, 0.6) is 0 Å². The van der Waals surface area contributed by atoms with Crippen LogP contribution in [0.1, 0.15) is 11.1 Å². The lowest BCUT2D eigenvalue weighted by Crippen LogP contribution is -2.15. The summed E-state index contributed by atoms with van der Waals surface area (Å²) in [6, 6.07) is 8.44. The van der Waals surface area contributed by atoms with Gasteiger partial charge in [0.05, 0.1) is 5.69 Å². The Labute approximate surface area is 120 Å². The lowest BCUT2D eigenvalue weighted by atomic mass is 10.2. The Morgan fingerprint density at radius 2 is 1.90 bits per heavy atom. The van der Waals surface area contributed by atoms with Crippen LogP contribution >= 0.6 is 0 Å². The van der Waals surface area contributed by atoms with Gasteiger partial charge in [-0.05, 0) is 42.8 Å². The molecule has 0 aliphatic rings. The minimum atomic E-state index is -4.19. The van der Waals surface area contributed by atoms with Gasteiger partial charge in [-0.2, -0.15) is 5.26 Å². The van der Waals surface area contributed by atoms with E-state index in [1.54, 1.807) is 6.92 Å². The van der Waals surface area contributed by atoms with Crippen molar-refractivity contribution in [3.8, 4) is 6.07 Å². The predicted molar refractivity (Wildman–Crippen MR) is 73.1 cm³/mol. The monoisotopic (exact) mass is 308 g/mol. The van der Waals surface area contributed by atoms with Crippen molar-refractivity contribution in [2.45, 2.75) is 11.8 Å². The minimum Gasteiger partial charge on any atom is -0.279 e. The number of nitriles is 1. The lowest BCUT2D eigenvalue weighted by Gasteiger charge is -2.10. The van der Waals surface area contributed by atoms with E-state index in [-0.39, 0.29) is 5.69 Å². The van der Waals surface area contributed by atoms with Gasteiger partial charge in [-0.1, -0.05) is 6.07 Å². The largest absolute Gasteiger partial charge is 0.279 e. The summed E-state index contributed by atoms with van der Waals surface area (Å²) in [5.41, 5.74) is -0.0637. The van der Waals surface area contributed by atoms with Gasteiger partial charge in [0.25, 0.3) is 10.0 Å². The highest BCUT2D eigenvalue weighted by molar-refractivity contribution is 7.92. The van der Waals surface area contributed by atoms with Crippen LogP contribution in [-0.2, 0) is 10.0 Å². The minimum absolute atomic E-state index is 0.000603. The van der Waals surface area contributed by atoms with Crippen molar-refractivity contribution in [3.63, 3.8) is 0 Å². The van der Waals surface area contributed by atoms with Gasteiger partial charge in [-0.3, -0.25) is 4.72 Å². The van der Waals surface area contributed by atoms with Crippen molar-refractivity contribution in [1.29, 1.82) is 5.26 Å². The molecular weight excluding hydrogens is 298 g/mol. The number of hydrogen-bond donors (Lipinski definition) is 1. The summed E-state index contributed by atoms with van der Waals surface area (Å²) in [4.78, 5) is -0.494. The molecule has 7 heteroatoms. The Balaban J connectivity index is 2.49. The van der Waals surface area contributed by atoms with Gasteiger partial charge in [-0.25, -0.2) is 17.2 Å². The number of nitrogens with one attached hydrogen (secondary N) is 1. The number of rotatable bonds is 3. The van der Waals surface area contributed by atoms with Gasteiger partial charge in [0.1, 0.15) is 28.2 Å². The highest BCUT2D eigenvalue weighted by atomic mass is 32.2. The summed E-state index contributed by atoms with van der Waals surface area (Å²) in [5, 5.41) is 8.87. The summed E-state index contributed by atoms with van der Waals surface area (Å²) in [7, 11) is -4.19. The summed E-state index contributed by atoms with van der Waals surface area (Å²) in [5.74, 6) is -1.54. The number of halogens is 2. The molecular formula is C14H10F2N2O2S. The Morgan fingerprint density at radius 1 is 1.19 bits per heavy atom. The van der Waals surface area contributed by atoms with E-state index in [1.165, 1.54) is 24.3 Å². The zero-order chi connectivity index (χ0) is 15.6. The first kappa shape index (κ1) is 14.9. The highest BCUT2D eigenvalue weighted by Gasteiger charge is 2.21. The van der Waals surface area contributed by atoms with E-state index in [2.05, 4.69) is 4.72 Å². The van der Waals surface area contributed by atoms with Gasteiger partial charge in [0.2, 0.25) is 0 Å². The number of anilines is 1. The Kier molecular flexibility index (Phi) is 3.91. The number of hydrogen-bond acceptors (Lipinski definition) is 3. The fourth-order valence-corrected chi connectivity index (χ4v) is 3.05. The molecule has 0 bridgehead atoms. The van der Waals surface area contributed by atoms with Crippen LogP contribution in [0, 0.1) is 29.9 Å². The van der Waals surface area contributed by atoms with Gasteiger partial charge in [0, 0.05) is 0 Å². The number of aryl methyl sites for hydroxylation is 1. The predicted octanol–water partition coefficient (Wildman–Crippen LogP) is 2.95. The van der Waals surface area contributed by atoms with Gasteiger partial charge in [-0.15, -0.1) is 0 Å². The maximum absolute atomic E-state index is 13.5. The smallest absolute Gasteiger partial charge is 0.263 e. The second-order valence-corrected chi connectivity index (χ2v) is 6.00. The average Bonchev–Trinajstić information content (AvgIpc) is 2.36. The normalized spacial score (nSPS) is 11.0. The second kappa shape index (κ2) is 5.50. The summed E-state index contributed by atoms with van der Waals surface area (Å²) >= 11 is 0. The quantitative estimate of drug-likeness (QED) is 0.947. The summed E-state index contributed by atoms with van der Waals surface area (Å²) < 4.78 is 53.3. The Bertz CT molecular complexity index is 822. The molecule has 0 saturated heterocycles. The molecule has 0 amide bonds. The number of benzene rings is 2. The molecule has 21 heavy (non-hydrogen) atoms. The van der Waals surface area contributed by atoms with Crippen molar-refractivity contribution in [2.24, 2.45) is 0 Å². The van der Waals surface area contributed by atoms with Crippen molar-refractivity contribution < 1.29 is 17.2 Å². The third-order valence-corrected chi connectivity index (χ3v) is 4.09. The first-order valence-corrected chi connectivity index (χ1v) is 7.30. The van der Waals surface area contributed by atoms with Crippen LogP contribution in [-0.4, -0.2) is 8.42 Å². The van der Waals surface area contributed by atoms with Gasteiger partial charge >= 0.3 is 0 Å². The fraction of sp³-hybridized carbons (Fsp3) is 0.0714. The van der Waals surface area contributed by atoms with Gasteiger partial charge < -0.3 is 0 Å². The first-order valence-electron chi connectivity index (χ1n) is 5.82. The van der Waals surface area contributed by atoms with Crippen molar-refractivity contribution in [2.75, 3.05) is 4.72 Å². The van der Waals surface area contributed by atoms with Crippen LogP contribution in [0.15, 0.2) is 41.3 Å². The maximum Gasteiger partial charge on any atom is 0.263 e. The lowest BCUT2D eigenvalue weighted by molar-refractivity contribution is 0.593. The third-order valence-electron chi connectivity index (χ3n) is 2.67.